The van der Waals surface area contributed by atoms with Gasteiger partial charge >= 0.3 is 0 Å². The van der Waals surface area contributed by atoms with E-state index in [-0.39, 0.29) is 11.5 Å². The first-order valence-electron chi connectivity index (χ1n) is 5.60. The Morgan fingerprint density at radius 1 is 1.32 bits per heavy atom. The summed E-state index contributed by atoms with van der Waals surface area (Å²) in [4.78, 5) is 24.7. The number of halogens is 3. The van der Waals surface area contributed by atoms with Gasteiger partial charge in [-0.25, -0.2) is 13.2 Å². The van der Waals surface area contributed by atoms with Gasteiger partial charge in [0.1, 0.15) is 6.04 Å². The number of rotatable bonds is 2. The molecule has 0 aliphatic carbocycles. The van der Waals surface area contributed by atoms with Crippen LogP contribution in [0, 0.1) is 17.5 Å². The van der Waals surface area contributed by atoms with Gasteiger partial charge in [0.15, 0.2) is 17.5 Å². The number of likely N-dealkylation sites (tertiary alicyclic amines) is 1. The zero-order valence-electron chi connectivity index (χ0n) is 10.0. The lowest BCUT2D eigenvalue weighted by Crippen LogP contribution is -2.40. The topological polar surface area (TPSA) is 49.4 Å². The van der Waals surface area contributed by atoms with Crippen LogP contribution < -0.4 is 5.32 Å². The number of nitrogens with zero attached hydrogens (tertiary/aromatic N) is 1. The van der Waals surface area contributed by atoms with Crippen LogP contribution in [0.5, 0.6) is 0 Å². The number of carbonyl (C=O) groups is 2. The van der Waals surface area contributed by atoms with Gasteiger partial charge in [0.05, 0.1) is 0 Å². The normalized spacial score (nSPS) is 18.8. The van der Waals surface area contributed by atoms with E-state index in [4.69, 9.17) is 0 Å². The lowest BCUT2D eigenvalue weighted by molar-refractivity contribution is -0.128. The molecule has 102 valence electrons. The number of carbonyl (C=O) groups excluding carboxylic acids is 2. The number of hydrogen-bond donors (Lipinski definition) is 1. The van der Waals surface area contributed by atoms with Crippen LogP contribution >= 0.6 is 0 Å². The molecule has 0 bridgehead atoms. The first-order valence-corrected chi connectivity index (χ1v) is 5.60. The van der Waals surface area contributed by atoms with E-state index in [1.54, 1.807) is 7.05 Å². The largest absolute Gasteiger partial charge is 0.344 e. The molecule has 7 heteroatoms. The Morgan fingerprint density at radius 2 is 1.89 bits per heavy atom. The van der Waals surface area contributed by atoms with Crippen LogP contribution in [0.4, 0.5) is 13.2 Å². The maximum Gasteiger partial charge on any atom is 0.252 e. The number of amides is 2. The second-order valence-electron chi connectivity index (χ2n) is 4.33. The van der Waals surface area contributed by atoms with E-state index in [0.717, 1.165) is 0 Å². The predicted molar refractivity (Wildman–Crippen MR) is 59.8 cm³/mol. The van der Waals surface area contributed by atoms with Crippen LogP contribution in [-0.4, -0.2) is 36.3 Å². The third-order valence-corrected chi connectivity index (χ3v) is 2.98. The highest BCUT2D eigenvalue weighted by Crippen LogP contribution is 2.15. The maximum absolute atomic E-state index is 13.0. The Kier molecular flexibility index (Phi) is 3.46. The molecular weight excluding hydrogens is 261 g/mol. The molecule has 0 saturated carbocycles. The SMILES string of the molecule is CN1CCC(NC(=O)c2cc(F)c(F)c(F)c2)C1=O. The van der Waals surface area contributed by atoms with Crippen LogP contribution in [0.2, 0.25) is 0 Å². The Morgan fingerprint density at radius 3 is 2.37 bits per heavy atom. The van der Waals surface area contributed by atoms with Gasteiger partial charge in [-0.15, -0.1) is 0 Å². The summed E-state index contributed by atoms with van der Waals surface area (Å²) < 4.78 is 38.7. The van der Waals surface area contributed by atoms with E-state index in [1.807, 2.05) is 0 Å². The molecule has 1 atom stereocenters. The monoisotopic (exact) mass is 272 g/mol. The number of benzene rings is 1. The lowest BCUT2D eigenvalue weighted by Gasteiger charge is -2.12. The highest BCUT2D eigenvalue weighted by Gasteiger charge is 2.30. The molecule has 1 aliphatic rings. The van der Waals surface area contributed by atoms with Crippen LogP contribution in [0.25, 0.3) is 0 Å². The van der Waals surface area contributed by atoms with Crippen LogP contribution in [0.1, 0.15) is 16.8 Å². The van der Waals surface area contributed by atoms with Crippen molar-refractivity contribution in [1.29, 1.82) is 0 Å². The van der Waals surface area contributed by atoms with E-state index in [2.05, 4.69) is 5.32 Å². The fraction of sp³-hybridized carbons (Fsp3) is 0.333. The van der Waals surface area contributed by atoms with Gasteiger partial charge in [0.2, 0.25) is 5.91 Å². The predicted octanol–water partition coefficient (Wildman–Crippen LogP) is 1.06. The molecule has 1 aromatic rings. The van der Waals surface area contributed by atoms with Crippen molar-refractivity contribution in [1.82, 2.24) is 10.2 Å². The first-order chi connectivity index (χ1) is 8.90. The van der Waals surface area contributed by atoms with Crippen molar-refractivity contribution in [3.63, 3.8) is 0 Å². The Labute approximate surface area is 107 Å². The molecule has 2 rings (SSSR count). The summed E-state index contributed by atoms with van der Waals surface area (Å²) in [6, 6.07) is 0.474. The minimum Gasteiger partial charge on any atom is -0.344 e. The summed E-state index contributed by atoms with van der Waals surface area (Å²) >= 11 is 0. The molecule has 0 radical (unpaired) electrons. The van der Waals surface area contributed by atoms with Crippen molar-refractivity contribution in [2.75, 3.05) is 13.6 Å². The summed E-state index contributed by atoms with van der Waals surface area (Å²) in [5.41, 5.74) is -0.362. The highest BCUT2D eigenvalue weighted by atomic mass is 19.2. The van der Waals surface area contributed by atoms with E-state index in [1.165, 1.54) is 4.90 Å². The van der Waals surface area contributed by atoms with E-state index in [9.17, 15) is 22.8 Å². The zero-order valence-corrected chi connectivity index (χ0v) is 10.0. The Bertz CT molecular complexity index is 525. The average molecular weight is 272 g/mol. The molecule has 1 heterocycles. The smallest absolute Gasteiger partial charge is 0.252 e. The summed E-state index contributed by atoms with van der Waals surface area (Å²) in [5, 5.41) is 2.36. The van der Waals surface area contributed by atoms with Gasteiger partial charge in [-0.2, -0.15) is 0 Å². The van der Waals surface area contributed by atoms with Crippen LogP contribution in [0.3, 0.4) is 0 Å². The molecule has 0 spiro atoms. The number of likely N-dealkylation sites (N-methyl/N-ethyl adjacent to an activating group) is 1. The van der Waals surface area contributed by atoms with Gasteiger partial charge in [0, 0.05) is 19.2 Å². The van der Waals surface area contributed by atoms with Crippen molar-refractivity contribution < 1.29 is 22.8 Å². The van der Waals surface area contributed by atoms with Gasteiger partial charge in [-0.1, -0.05) is 0 Å². The maximum atomic E-state index is 13.0. The molecule has 19 heavy (non-hydrogen) atoms. The standard InChI is InChI=1S/C12H11F3N2O2/c1-17-3-2-9(12(17)19)16-11(18)6-4-7(13)10(15)8(14)5-6/h4-5,9H,2-3H2,1H3,(H,16,18). The zero-order chi connectivity index (χ0) is 14.2. The summed E-state index contributed by atoms with van der Waals surface area (Å²) in [6.07, 6.45) is 0.424. The van der Waals surface area contributed by atoms with Crippen molar-refractivity contribution in [2.45, 2.75) is 12.5 Å². The summed E-state index contributed by atoms with van der Waals surface area (Å²) in [7, 11) is 1.59. The van der Waals surface area contributed by atoms with Crippen molar-refractivity contribution in [3.8, 4) is 0 Å². The van der Waals surface area contributed by atoms with Gasteiger partial charge in [-0.05, 0) is 18.6 Å². The minimum atomic E-state index is -1.63. The summed E-state index contributed by atoms with van der Waals surface area (Å²) in [5.74, 6) is -5.60. The van der Waals surface area contributed by atoms with Crippen LogP contribution in [-0.2, 0) is 4.79 Å². The fourth-order valence-electron chi connectivity index (χ4n) is 1.88. The van der Waals surface area contributed by atoms with E-state index < -0.39 is 29.4 Å². The highest BCUT2D eigenvalue weighted by molar-refractivity contribution is 5.98. The Hall–Kier alpha value is -2.05. The summed E-state index contributed by atoms with van der Waals surface area (Å²) in [6.45, 7) is 0.496. The van der Waals surface area contributed by atoms with Crippen molar-refractivity contribution >= 4 is 11.8 Å². The molecule has 2 amide bonds. The molecule has 1 aliphatic heterocycles. The Balaban J connectivity index is 2.15. The number of nitrogens with one attached hydrogen (secondary N) is 1. The second kappa shape index (κ2) is 4.91. The molecule has 1 aromatic carbocycles. The molecule has 1 N–H and O–H groups in total. The fourth-order valence-corrected chi connectivity index (χ4v) is 1.88. The quantitative estimate of drug-likeness (QED) is 0.819. The third-order valence-electron chi connectivity index (χ3n) is 2.98. The van der Waals surface area contributed by atoms with Crippen LogP contribution in [0.15, 0.2) is 12.1 Å². The van der Waals surface area contributed by atoms with Crippen molar-refractivity contribution in [2.24, 2.45) is 0 Å². The molecule has 4 nitrogen and oxygen atoms in total. The van der Waals surface area contributed by atoms with Gasteiger partial charge in [-0.3, -0.25) is 9.59 Å². The third kappa shape index (κ3) is 2.54. The lowest BCUT2D eigenvalue weighted by atomic mass is 10.1. The molecule has 1 saturated heterocycles. The van der Waals surface area contributed by atoms with Crippen molar-refractivity contribution in [3.05, 3.63) is 35.1 Å². The molecule has 1 fully saturated rings. The van der Waals surface area contributed by atoms with E-state index >= 15 is 0 Å². The second-order valence-corrected chi connectivity index (χ2v) is 4.33. The van der Waals surface area contributed by atoms with E-state index in [0.29, 0.717) is 25.1 Å². The first kappa shape index (κ1) is 13.4. The minimum absolute atomic E-state index is 0.267. The average Bonchev–Trinajstić information content (AvgIpc) is 2.67. The van der Waals surface area contributed by atoms with Gasteiger partial charge < -0.3 is 10.2 Å². The number of hydrogen-bond acceptors (Lipinski definition) is 2. The molecule has 0 aromatic heterocycles. The molecule has 1 unspecified atom stereocenters. The van der Waals surface area contributed by atoms with Gasteiger partial charge in [0.25, 0.3) is 5.91 Å². The molecular formula is C12H11F3N2O2.